The van der Waals surface area contributed by atoms with E-state index < -0.39 is 18.0 Å². The minimum absolute atomic E-state index is 0.00329. The highest BCUT2D eigenvalue weighted by atomic mass is 19.1. The standard InChI is InChI=1S/C14H20FNO3/c1-4-7-16-14(18)10(3)19-13-6-5-11(9(2)17)8-12(13)15/h5-6,8-10,17H,4,7H2,1-3H3,(H,16,18). The van der Waals surface area contributed by atoms with E-state index in [0.29, 0.717) is 12.1 Å². The topological polar surface area (TPSA) is 58.6 Å². The Morgan fingerprint density at radius 1 is 1.47 bits per heavy atom. The quantitative estimate of drug-likeness (QED) is 0.832. The van der Waals surface area contributed by atoms with Crippen LogP contribution in [0.15, 0.2) is 18.2 Å². The summed E-state index contributed by atoms with van der Waals surface area (Å²) in [5, 5.41) is 12.0. The largest absolute Gasteiger partial charge is 0.478 e. The number of halogens is 1. The van der Waals surface area contributed by atoms with Crippen LogP contribution < -0.4 is 10.1 Å². The SMILES string of the molecule is CCCNC(=O)C(C)Oc1ccc(C(C)O)cc1F. The lowest BCUT2D eigenvalue weighted by molar-refractivity contribution is -0.127. The summed E-state index contributed by atoms with van der Waals surface area (Å²) in [5.74, 6) is -0.863. The average molecular weight is 269 g/mol. The number of amides is 1. The van der Waals surface area contributed by atoms with Crippen molar-refractivity contribution >= 4 is 5.91 Å². The normalized spacial score (nSPS) is 13.7. The molecule has 0 aliphatic rings. The molecule has 0 saturated carbocycles. The molecule has 1 aromatic rings. The van der Waals surface area contributed by atoms with E-state index in [1.54, 1.807) is 19.9 Å². The average Bonchev–Trinajstić information content (AvgIpc) is 2.37. The highest BCUT2D eigenvalue weighted by Crippen LogP contribution is 2.22. The first kappa shape index (κ1) is 15.4. The van der Waals surface area contributed by atoms with Gasteiger partial charge in [0.1, 0.15) is 0 Å². The van der Waals surface area contributed by atoms with Gasteiger partial charge in [-0.1, -0.05) is 13.0 Å². The molecule has 0 radical (unpaired) electrons. The Kier molecular flexibility index (Phi) is 5.76. The molecule has 0 saturated heterocycles. The minimum Gasteiger partial charge on any atom is -0.478 e. The Labute approximate surface area is 112 Å². The number of ether oxygens (including phenoxy) is 1. The van der Waals surface area contributed by atoms with Gasteiger partial charge in [0.25, 0.3) is 5.91 Å². The van der Waals surface area contributed by atoms with Crippen molar-refractivity contribution < 1.29 is 19.0 Å². The van der Waals surface area contributed by atoms with Crippen LogP contribution >= 0.6 is 0 Å². The second-order valence-corrected chi connectivity index (χ2v) is 4.42. The number of aliphatic hydroxyl groups is 1. The maximum absolute atomic E-state index is 13.7. The first-order valence-electron chi connectivity index (χ1n) is 6.37. The van der Waals surface area contributed by atoms with Gasteiger partial charge in [0, 0.05) is 6.54 Å². The van der Waals surface area contributed by atoms with Crippen LogP contribution in [0.25, 0.3) is 0 Å². The van der Waals surface area contributed by atoms with Crippen molar-refractivity contribution in [2.24, 2.45) is 0 Å². The predicted octanol–water partition coefficient (Wildman–Crippen LogP) is 2.17. The van der Waals surface area contributed by atoms with Gasteiger partial charge in [0.2, 0.25) is 0 Å². The lowest BCUT2D eigenvalue weighted by Gasteiger charge is -2.15. The highest BCUT2D eigenvalue weighted by Gasteiger charge is 2.16. The third-order valence-corrected chi connectivity index (χ3v) is 2.66. The summed E-state index contributed by atoms with van der Waals surface area (Å²) in [7, 11) is 0. The Bertz CT molecular complexity index is 435. The molecule has 0 aliphatic carbocycles. The Hall–Kier alpha value is -1.62. The van der Waals surface area contributed by atoms with Crippen molar-refractivity contribution in [1.29, 1.82) is 0 Å². The number of nitrogens with one attached hydrogen (secondary N) is 1. The lowest BCUT2D eigenvalue weighted by Crippen LogP contribution is -2.36. The summed E-state index contributed by atoms with van der Waals surface area (Å²) in [6.07, 6.45) is -0.678. The first-order chi connectivity index (χ1) is 8.95. The Morgan fingerprint density at radius 3 is 2.68 bits per heavy atom. The monoisotopic (exact) mass is 269 g/mol. The fraction of sp³-hybridized carbons (Fsp3) is 0.500. The molecule has 106 valence electrons. The van der Waals surface area contributed by atoms with Crippen molar-refractivity contribution in [3.63, 3.8) is 0 Å². The Morgan fingerprint density at radius 2 is 2.16 bits per heavy atom. The number of hydrogen-bond acceptors (Lipinski definition) is 3. The van der Waals surface area contributed by atoms with Crippen LogP contribution in [0, 0.1) is 5.82 Å². The maximum atomic E-state index is 13.7. The molecule has 4 nitrogen and oxygen atoms in total. The molecule has 0 aliphatic heterocycles. The van der Waals surface area contributed by atoms with E-state index >= 15 is 0 Å². The second kappa shape index (κ2) is 7.09. The van der Waals surface area contributed by atoms with E-state index in [1.807, 2.05) is 6.92 Å². The molecular weight excluding hydrogens is 249 g/mol. The number of hydrogen-bond donors (Lipinski definition) is 2. The molecule has 2 unspecified atom stereocenters. The van der Waals surface area contributed by atoms with Gasteiger partial charge in [0.15, 0.2) is 17.7 Å². The third-order valence-electron chi connectivity index (χ3n) is 2.66. The third kappa shape index (κ3) is 4.52. The van der Waals surface area contributed by atoms with E-state index in [1.165, 1.54) is 12.1 Å². The summed E-state index contributed by atoms with van der Waals surface area (Å²) in [4.78, 5) is 11.6. The number of aliphatic hydroxyl groups excluding tert-OH is 1. The maximum Gasteiger partial charge on any atom is 0.260 e. The van der Waals surface area contributed by atoms with Gasteiger partial charge >= 0.3 is 0 Å². The van der Waals surface area contributed by atoms with Gasteiger partial charge in [-0.3, -0.25) is 4.79 Å². The molecule has 0 fully saturated rings. The zero-order valence-electron chi connectivity index (χ0n) is 11.4. The first-order valence-corrected chi connectivity index (χ1v) is 6.37. The van der Waals surface area contributed by atoms with Gasteiger partial charge in [0.05, 0.1) is 6.10 Å². The molecule has 0 bridgehead atoms. The molecular formula is C14H20FNO3. The van der Waals surface area contributed by atoms with Crippen LogP contribution in [0.2, 0.25) is 0 Å². The van der Waals surface area contributed by atoms with Gasteiger partial charge in [-0.05, 0) is 38.0 Å². The molecule has 1 rings (SSSR count). The second-order valence-electron chi connectivity index (χ2n) is 4.42. The highest BCUT2D eigenvalue weighted by molar-refractivity contribution is 5.80. The summed E-state index contributed by atoms with van der Waals surface area (Å²) < 4.78 is 19.0. The van der Waals surface area contributed by atoms with Crippen molar-refractivity contribution in [3.05, 3.63) is 29.6 Å². The van der Waals surface area contributed by atoms with Crippen LogP contribution in [0.1, 0.15) is 38.9 Å². The zero-order chi connectivity index (χ0) is 14.4. The zero-order valence-corrected chi connectivity index (χ0v) is 11.4. The van der Waals surface area contributed by atoms with Crippen LogP contribution in [0.3, 0.4) is 0 Å². The van der Waals surface area contributed by atoms with Gasteiger partial charge in [-0.25, -0.2) is 4.39 Å². The van der Waals surface area contributed by atoms with Crippen LogP contribution in [-0.4, -0.2) is 23.7 Å². The van der Waals surface area contributed by atoms with Crippen LogP contribution in [-0.2, 0) is 4.79 Å². The summed E-state index contributed by atoms with van der Waals surface area (Å²) in [6, 6.07) is 4.19. The van der Waals surface area contributed by atoms with E-state index in [9.17, 15) is 14.3 Å². The molecule has 0 heterocycles. The smallest absolute Gasteiger partial charge is 0.260 e. The van der Waals surface area contributed by atoms with E-state index in [0.717, 1.165) is 6.42 Å². The number of benzene rings is 1. The molecule has 5 heteroatoms. The summed E-state index contributed by atoms with van der Waals surface area (Å²) in [5.41, 5.74) is 0.466. The number of rotatable bonds is 6. The molecule has 19 heavy (non-hydrogen) atoms. The van der Waals surface area contributed by atoms with Crippen LogP contribution in [0.5, 0.6) is 5.75 Å². The molecule has 2 atom stereocenters. The number of carbonyl (C=O) groups excluding carboxylic acids is 1. The number of carbonyl (C=O) groups is 1. The summed E-state index contributed by atoms with van der Waals surface area (Å²) in [6.45, 7) is 5.62. The van der Waals surface area contributed by atoms with Crippen molar-refractivity contribution in [1.82, 2.24) is 5.32 Å². The minimum atomic E-state index is -0.765. The van der Waals surface area contributed by atoms with Gasteiger partial charge in [-0.15, -0.1) is 0 Å². The molecule has 0 aromatic heterocycles. The van der Waals surface area contributed by atoms with Crippen molar-refractivity contribution in [3.8, 4) is 5.75 Å². The van der Waals surface area contributed by atoms with Gasteiger partial charge < -0.3 is 15.2 Å². The van der Waals surface area contributed by atoms with Crippen LogP contribution in [0.4, 0.5) is 4.39 Å². The Balaban J connectivity index is 2.69. The summed E-state index contributed by atoms with van der Waals surface area (Å²) >= 11 is 0. The molecule has 1 amide bonds. The van der Waals surface area contributed by atoms with Crippen molar-refractivity contribution in [2.45, 2.75) is 39.4 Å². The van der Waals surface area contributed by atoms with Gasteiger partial charge in [-0.2, -0.15) is 0 Å². The molecule has 1 aromatic carbocycles. The predicted molar refractivity (Wildman–Crippen MR) is 70.4 cm³/mol. The fourth-order valence-electron chi connectivity index (χ4n) is 1.51. The van der Waals surface area contributed by atoms with E-state index in [2.05, 4.69) is 5.32 Å². The van der Waals surface area contributed by atoms with E-state index in [-0.39, 0.29) is 11.7 Å². The van der Waals surface area contributed by atoms with Crippen molar-refractivity contribution in [2.75, 3.05) is 6.54 Å². The molecule has 2 N–H and O–H groups in total. The fourth-order valence-corrected chi connectivity index (χ4v) is 1.51. The van der Waals surface area contributed by atoms with E-state index in [4.69, 9.17) is 4.74 Å². The molecule has 0 spiro atoms. The lowest BCUT2D eigenvalue weighted by atomic mass is 10.1.